The molecule has 0 radical (unpaired) electrons. The zero-order valence-corrected chi connectivity index (χ0v) is 10.0. The number of aliphatic imine (C=N–C) groups is 1. The first kappa shape index (κ1) is 13.4. The second-order valence-corrected chi connectivity index (χ2v) is 3.61. The van der Waals surface area contributed by atoms with Crippen molar-refractivity contribution >= 4 is 6.21 Å². The van der Waals surface area contributed by atoms with E-state index in [1.165, 1.54) is 19.5 Å². The maximum atomic E-state index is 3.78. The lowest BCUT2D eigenvalue weighted by molar-refractivity contribution is 0.402. The molecule has 0 aromatic carbocycles. The van der Waals surface area contributed by atoms with Crippen LogP contribution in [0.2, 0.25) is 0 Å². The molecule has 2 aliphatic heterocycles. The lowest BCUT2D eigenvalue weighted by Crippen LogP contribution is -2.12. The Kier molecular flexibility index (Phi) is 8.54. The highest BCUT2D eigenvalue weighted by Gasteiger charge is 2.13. The van der Waals surface area contributed by atoms with E-state index in [2.05, 4.69) is 23.9 Å². The van der Waals surface area contributed by atoms with E-state index in [4.69, 9.17) is 0 Å². The molecule has 2 heterocycles. The van der Waals surface area contributed by atoms with E-state index in [-0.39, 0.29) is 0 Å². The van der Waals surface area contributed by atoms with Gasteiger partial charge in [-0.3, -0.25) is 4.99 Å². The van der Waals surface area contributed by atoms with E-state index in [9.17, 15) is 0 Å². The van der Waals surface area contributed by atoms with Crippen molar-refractivity contribution in [1.82, 2.24) is 4.90 Å². The molecule has 2 aliphatic rings. The first-order valence-corrected chi connectivity index (χ1v) is 5.64. The molecule has 1 atom stereocenters. The fourth-order valence-electron chi connectivity index (χ4n) is 1.46. The Labute approximate surface area is 88.7 Å². The van der Waals surface area contributed by atoms with Gasteiger partial charge in [0.25, 0.3) is 0 Å². The number of hydrogen-bond donors (Lipinski definition) is 0. The Hall–Kier alpha value is -0.630. The third kappa shape index (κ3) is 6.84. The van der Waals surface area contributed by atoms with Crippen molar-refractivity contribution in [1.29, 1.82) is 0 Å². The van der Waals surface area contributed by atoms with Crippen LogP contribution in [-0.2, 0) is 0 Å². The standard InChI is InChI=1S/C6H13N.C4H5N.C2H6/c1-6-3-4-7(2)5-6;1-2-4-5-3-1;1-2/h6H,3-5H2,1-2H3;1,3-4H,2H2;1-2H3. The van der Waals surface area contributed by atoms with Gasteiger partial charge in [0.05, 0.1) is 0 Å². The minimum absolute atomic E-state index is 0.949. The Morgan fingerprint density at radius 3 is 2.21 bits per heavy atom. The summed E-state index contributed by atoms with van der Waals surface area (Å²) in [6.07, 6.45) is 8.12. The van der Waals surface area contributed by atoms with Gasteiger partial charge in [-0.1, -0.05) is 26.8 Å². The van der Waals surface area contributed by atoms with Gasteiger partial charge in [0.1, 0.15) is 0 Å². The molecule has 2 nitrogen and oxygen atoms in total. The van der Waals surface area contributed by atoms with Gasteiger partial charge < -0.3 is 4.90 Å². The third-order valence-electron chi connectivity index (χ3n) is 2.17. The molecule has 0 amide bonds. The number of likely N-dealkylation sites (tertiary alicyclic amines) is 1. The molecule has 1 fully saturated rings. The van der Waals surface area contributed by atoms with Crippen molar-refractivity contribution in [3.05, 3.63) is 12.3 Å². The molecule has 82 valence electrons. The highest BCUT2D eigenvalue weighted by molar-refractivity contribution is 5.62. The topological polar surface area (TPSA) is 15.6 Å². The first-order chi connectivity index (χ1) is 6.79. The minimum atomic E-state index is 0.949. The summed E-state index contributed by atoms with van der Waals surface area (Å²) in [7, 11) is 2.18. The lowest BCUT2D eigenvalue weighted by Gasteiger charge is -2.03. The number of hydrogen-bond acceptors (Lipinski definition) is 2. The van der Waals surface area contributed by atoms with Crippen LogP contribution in [0.15, 0.2) is 17.3 Å². The zero-order chi connectivity index (χ0) is 10.8. The van der Waals surface area contributed by atoms with Crippen molar-refractivity contribution in [2.24, 2.45) is 10.9 Å². The molecule has 0 aromatic heterocycles. The fourth-order valence-corrected chi connectivity index (χ4v) is 1.46. The maximum Gasteiger partial charge on any atom is 0.0227 e. The average Bonchev–Trinajstić information content (AvgIpc) is 2.84. The molecule has 0 N–H and O–H groups in total. The van der Waals surface area contributed by atoms with Crippen molar-refractivity contribution in [3.63, 3.8) is 0 Å². The molecule has 2 rings (SSSR count). The summed E-state index contributed by atoms with van der Waals surface area (Å²) in [4.78, 5) is 6.16. The van der Waals surface area contributed by atoms with Crippen LogP contribution < -0.4 is 0 Å². The average molecular weight is 196 g/mol. The van der Waals surface area contributed by atoms with Crippen molar-refractivity contribution < 1.29 is 0 Å². The van der Waals surface area contributed by atoms with Gasteiger partial charge in [0.15, 0.2) is 0 Å². The number of rotatable bonds is 0. The van der Waals surface area contributed by atoms with Crippen LogP contribution in [0.5, 0.6) is 0 Å². The molecule has 0 spiro atoms. The van der Waals surface area contributed by atoms with Crippen molar-refractivity contribution in [2.45, 2.75) is 33.6 Å². The summed E-state index contributed by atoms with van der Waals surface area (Å²) in [5.74, 6) is 0.949. The Bertz CT molecular complexity index is 155. The van der Waals surface area contributed by atoms with Crippen molar-refractivity contribution in [2.75, 3.05) is 20.1 Å². The smallest absolute Gasteiger partial charge is 0.0227 e. The SMILES string of the molecule is C1=CN=CC1.CC.CC1CCN(C)C1. The molecule has 1 saturated heterocycles. The van der Waals surface area contributed by atoms with Crippen LogP contribution in [0.4, 0.5) is 0 Å². The highest BCUT2D eigenvalue weighted by Crippen LogP contribution is 2.11. The van der Waals surface area contributed by atoms with Crippen LogP contribution in [0.3, 0.4) is 0 Å². The van der Waals surface area contributed by atoms with Gasteiger partial charge >= 0.3 is 0 Å². The van der Waals surface area contributed by atoms with Crippen molar-refractivity contribution in [3.8, 4) is 0 Å². The summed E-state index contributed by atoms with van der Waals surface area (Å²) in [5.41, 5.74) is 0. The van der Waals surface area contributed by atoms with E-state index in [0.29, 0.717) is 0 Å². The van der Waals surface area contributed by atoms with E-state index < -0.39 is 0 Å². The lowest BCUT2D eigenvalue weighted by atomic mass is 10.2. The molecule has 2 heteroatoms. The van der Waals surface area contributed by atoms with Gasteiger partial charge in [0, 0.05) is 25.4 Å². The summed E-state index contributed by atoms with van der Waals surface area (Å²) >= 11 is 0. The molecule has 14 heavy (non-hydrogen) atoms. The van der Waals surface area contributed by atoms with Gasteiger partial charge in [-0.25, -0.2) is 0 Å². The Morgan fingerprint density at radius 1 is 1.36 bits per heavy atom. The molecule has 0 aromatic rings. The second-order valence-electron chi connectivity index (χ2n) is 3.61. The molecular formula is C12H24N2. The normalized spacial score (nSPS) is 23.9. The van der Waals surface area contributed by atoms with Crippen LogP contribution >= 0.6 is 0 Å². The van der Waals surface area contributed by atoms with Gasteiger partial charge in [0.2, 0.25) is 0 Å². The Morgan fingerprint density at radius 2 is 2.07 bits per heavy atom. The quantitative estimate of drug-likeness (QED) is 0.581. The molecule has 1 unspecified atom stereocenters. The third-order valence-corrected chi connectivity index (χ3v) is 2.17. The van der Waals surface area contributed by atoms with E-state index >= 15 is 0 Å². The van der Waals surface area contributed by atoms with E-state index in [1.807, 2.05) is 26.1 Å². The summed E-state index contributed by atoms with van der Waals surface area (Å²) in [5, 5.41) is 0. The van der Waals surface area contributed by atoms with Crippen LogP contribution in [-0.4, -0.2) is 31.3 Å². The fraction of sp³-hybridized carbons (Fsp3) is 0.750. The summed E-state index contributed by atoms with van der Waals surface area (Å²) < 4.78 is 0. The summed E-state index contributed by atoms with van der Waals surface area (Å²) in [6, 6.07) is 0. The van der Waals surface area contributed by atoms with Crippen LogP contribution in [0.1, 0.15) is 33.6 Å². The van der Waals surface area contributed by atoms with Crippen LogP contribution in [0.25, 0.3) is 0 Å². The highest BCUT2D eigenvalue weighted by atomic mass is 15.1. The Balaban J connectivity index is 0.000000213. The number of nitrogens with zero attached hydrogens (tertiary/aromatic N) is 2. The minimum Gasteiger partial charge on any atom is -0.306 e. The van der Waals surface area contributed by atoms with Gasteiger partial charge in [-0.2, -0.15) is 0 Å². The predicted molar refractivity (Wildman–Crippen MR) is 64.9 cm³/mol. The molecular weight excluding hydrogens is 172 g/mol. The number of allylic oxidation sites excluding steroid dienone is 1. The van der Waals surface area contributed by atoms with Crippen LogP contribution in [0, 0.1) is 5.92 Å². The monoisotopic (exact) mass is 196 g/mol. The summed E-state index contributed by atoms with van der Waals surface area (Å²) in [6.45, 7) is 8.92. The second kappa shape index (κ2) is 8.95. The molecule has 0 saturated carbocycles. The maximum absolute atomic E-state index is 3.78. The first-order valence-electron chi connectivity index (χ1n) is 5.64. The molecule has 0 aliphatic carbocycles. The van der Waals surface area contributed by atoms with E-state index in [1.54, 1.807) is 6.20 Å². The largest absolute Gasteiger partial charge is 0.306 e. The zero-order valence-electron chi connectivity index (χ0n) is 10.0. The van der Waals surface area contributed by atoms with Gasteiger partial charge in [-0.05, 0) is 25.9 Å². The van der Waals surface area contributed by atoms with Gasteiger partial charge in [-0.15, -0.1) is 0 Å². The predicted octanol–water partition coefficient (Wildman–Crippen LogP) is 2.96. The molecule has 0 bridgehead atoms. The van der Waals surface area contributed by atoms with E-state index in [0.717, 1.165) is 12.3 Å².